The molecule has 0 amide bonds. The van der Waals surface area contributed by atoms with Crippen LogP contribution in [0.5, 0.6) is 0 Å². The Morgan fingerprint density at radius 2 is 1.94 bits per heavy atom. The first-order valence-corrected chi connectivity index (χ1v) is 7.98. The number of hydrogen-bond donors (Lipinski definition) is 1. The van der Waals surface area contributed by atoms with Crippen LogP contribution in [0, 0.1) is 24.7 Å². The van der Waals surface area contributed by atoms with Gasteiger partial charge >= 0.3 is 0 Å². The summed E-state index contributed by atoms with van der Waals surface area (Å²) in [6.45, 7) is 13.6. The van der Waals surface area contributed by atoms with Gasteiger partial charge in [-0.25, -0.2) is 4.98 Å². The second kappa shape index (κ2) is 7.90. The summed E-state index contributed by atoms with van der Waals surface area (Å²) in [6.07, 6.45) is 2.45. The second-order valence-corrected chi connectivity index (χ2v) is 6.90. The summed E-state index contributed by atoms with van der Waals surface area (Å²) in [5, 5.41) is 3.60. The largest absolute Gasteiger partial charge is 0.316 e. The molecule has 0 aliphatic carbocycles. The van der Waals surface area contributed by atoms with Gasteiger partial charge in [-0.3, -0.25) is 0 Å². The Hall–Kier alpha value is -0.410. The number of nitrogens with zero attached hydrogens (tertiary/aromatic N) is 1. The standard InChI is InChI=1S/C15H28N2S/c1-11(2)8-16-9-14(12(3)4)6-7-15-13(5)17-10-18-15/h10-12,14,16H,6-9H2,1-5H3. The molecule has 1 N–H and O–H groups in total. The minimum absolute atomic E-state index is 0.738. The van der Waals surface area contributed by atoms with Crippen LogP contribution in [0.2, 0.25) is 0 Å². The first kappa shape index (κ1) is 15.6. The zero-order valence-corrected chi connectivity index (χ0v) is 13.3. The van der Waals surface area contributed by atoms with E-state index in [4.69, 9.17) is 0 Å². The highest BCUT2D eigenvalue weighted by molar-refractivity contribution is 7.09. The molecule has 1 unspecified atom stereocenters. The fraction of sp³-hybridized carbons (Fsp3) is 0.800. The highest BCUT2D eigenvalue weighted by atomic mass is 32.1. The molecule has 0 aromatic carbocycles. The van der Waals surface area contributed by atoms with Crippen LogP contribution in [0.1, 0.15) is 44.7 Å². The van der Waals surface area contributed by atoms with E-state index in [1.54, 1.807) is 11.3 Å². The molecule has 1 atom stereocenters. The maximum atomic E-state index is 4.33. The van der Waals surface area contributed by atoms with Gasteiger partial charge in [0.15, 0.2) is 0 Å². The Kier molecular flexibility index (Phi) is 6.87. The molecule has 2 nitrogen and oxygen atoms in total. The monoisotopic (exact) mass is 268 g/mol. The second-order valence-electron chi connectivity index (χ2n) is 5.96. The topological polar surface area (TPSA) is 24.9 Å². The van der Waals surface area contributed by atoms with Crippen LogP contribution in [0.4, 0.5) is 0 Å². The summed E-state index contributed by atoms with van der Waals surface area (Å²) >= 11 is 1.80. The quantitative estimate of drug-likeness (QED) is 0.773. The third-order valence-electron chi connectivity index (χ3n) is 3.49. The number of hydrogen-bond acceptors (Lipinski definition) is 3. The molecule has 0 radical (unpaired) electrons. The van der Waals surface area contributed by atoms with Gasteiger partial charge in [0.05, 0.1) is 11.2 Å². The van der Waals surface area contributed by atoms with Gasteiger partial charge in [0.2, 0.25) is 0 Å². The molecule has 0 aliphatic rings. The number of nitrogens with one attached hydrogen (secondary N) is 1. The van der Waals surface area contributed by atoms with Gasteiger partial charge in [-0.2, -0.15) is 0 Å². The number of thiazole rings is 1. The first-order valence-electron chi connectivity index (χ1n) is 7.10. The van der Waals surface area contributed by atoms with Gasteiger partial charge in [0, 0.05) is 4.88 Å². The molecule has 18 heavy (non-hydrogen) atoms. The summed E-state index contributed by atoms with van der Waals surface area (Å²) in [4.78, 5) is 5.79. The molecule has 0 aliphatic heterocycles. The van der Waals surface area contributed by atoms with Crippen LogP contribution < -0.4 is 5.32 Å². The molecule has 104 valence electrons. The van der Waals surface area contributed by atoms with Crippen molar-refractivity contribution in [3.05, 3.63) is 16.1 Å². The van der Waals surface area contributed by atoms with Crippen molar-refractivity contribution in [1.82, 2.24) is 10.3 Å². The molecule has 3 heteroatoms. The van der Waals surface area contributed by atoms with Crippen molar-refractivity contribution in [3.8, 4) is 0 Å². The van der Waals surface area contributed by atoms with Crippen molar-refractivity contribution >= 4 is 11.3 Å². The Morgan fingerprint density at radius 1 is 1.22 bits per heavy atom. The Balaban J connectivity index is 2.36. The van der Waals surface area contributed by atoms with Gasteiger partial charge in [-0.05, 0) is 50.6 Å². The van der Waals surface area contributed by atoms with Crippen LogP contribution in [0.25, 0.3) is 0 Å². The van der Waals surface area contributed by atoms with Crippen LogP contribution in [0.3, 0.4) is 0 Å². The van der Waals surface area contributed by atoms with E-state index in [1.807, 2.05) is 5.51 Å². The Morgan fingerprint density at radius 3 is 2.44 bits per heavy atom. The van der Waals surface area contributed by atoms with Crippen molar-refractivity contribution in [1.29, 1.82) is 0 Å². The SMILES string of the molecule is Cc1ncsc1CCC(CNCC(C)C)C(C)C. The van der Waals surface area contributed by atoms with E-state index in [9.17, 15) is 0 Å². The van der Waals surface area contributed by atoms with E-state index in [0.29, 0.717) is 0 Å². The maximum Gasteiger partial charge on any atom is 0.0797 e. The van der Waals surface area contributed by atoms with Crippen LogP contribution >= 0.6 is 11.3 Å². The molecule has 0 fully saturated rings. The van der Waals surface area contributed by atoms with Crippen molar-refractivity contribution in [2.24, 2.45) is 17.8 Å². The molecule has 1 rings (SSSR count). The van der Waals surface area contributed by atoms with Gasteiger partial charge in [0.25, 0.3) is 0 Å². The molecular formula is C15H28N2S. The average Bonchev–Trinajstić information content (AvgIpc) is 2.68. The number of rotatable bonds is 8. The van der Waals surface area contributed by atoms with E-state index < -0.39 is 0 Å². The zero-order valence-electron chi connectivity index (χ0n) is 12.5. The summed E-state index contributed by atoms with van der Waals surface area (Å²) < 4.78 is 0. The zero-order chi connectivity index (χ0) is 13.5. The van der Waals surface area contributed by atoms with Crippen LogP contribution in [0.15, 0.2) is 5.51 Å². The minimum Gasteiger partial charge on any atom is -0.316 e. The van der Waals surface area contributed by atoms with Crippen molar-refractivity contribution in [3.63, 3.8) is 0 Å². The fourth-order valence-corrected chi connectivity index (χ4v) is 2.91. The summed E-state index contributed by atoms with van der Waals surface area (Å²) in [5.74, 6) is 2.25. The Labute approximate surface area is 116 Å². The maximum absolute atomic E-state index is 4.33. The van der Waals surface area contributed by atoms with Gasteiger partial charge in [0.1, 0.15) is 0 Å². The van der Waals surface area contributed by atoms with Crippen LogP contribution in [-0.4, -0.2) is 18.1 Å². The molecule has 0 saturated heterocycles. The van der Waals surface area contributed by atoms with E-state index >= 15 is 0 Å². The number of aromatic nitrogens is 1. The van der Waals surface area contributed by atoms with E-state index in [1.165, 1.54) is 23.4 Å². The molecule has 1 aromatic heterocycles. The lowest BCUT2D eigenvalue weighted by atomic mass is 9.90. The molecule has 1 heterocycles. The van der Waals surface area contributed by atoms with E-state index in [-0.39, 0.29) is 0 Å². The fourth-order valence-electron chi connectivity index (χ4n) is 2.11. The molecule has 0 spiro atoms. The highest BCUT2D eigenvalue weighted by Crippen LogP contribution is 2.21. The smallest absolute Gasteiger partial charge is 0.0797 e. The first-order chi connectivity index (χ1) is 8.50. The van der Waals surface area contributed by atoms with Gasteiger partial charge in [-0.1, -0.05) is 27.7 Å². The lowest BCUT2D eigenvalue weighted by molar-refractivity contribution is 0.335. The minimum atomic E-state index is 0.738. The predicted molar refractivity (Wildman–Crippen MR) is 81.2 cm³/mol. The highest BCUT2D eigenvalue weighted by Gasteiger charge is 2.14. The third-order valence-corrected chi connectivity index (χ3v) is 4.48. The van der Waals surface area contributed by atoms with Gasteiger partial charge in [-0.15, -0.1) is 11.3 Å². The predicted octanol–water partition coefficient (Wildman–Crippen LogP) is 3.90. The molecule has 0 saturated carbocycles. The number of aryl methyl sites for hydroxylation is 2. The van der Waals surface area contributed by atoms with Crippen LogP contribution in [-0.2, 0) is 6.42 Å². The normalized spacial score (nSPS) is 13.5. The average molecular weight is 268 g/mol. The summed E-state index contributed by atoms with van der Waals surface area (Å²) in [5.41, 5.74) is 3.18. The molecule has 1 aromatic rings. The van der Waals surface area contributed by atoms with E-state index in [0.717, 1.165) is 30.8 Å². The van der Waals surface area contributed by atoms with E-state index in [2.05, 4.69) is 44.9 Å². The molecular weight excluding hydrogens is 240 g/mol. The lowest BCUT2D eigenvalue weighted by Crippen LogP contribution is -2.29. The Bertz CT molecular complexity index is 331. The van der Waals surface area contributed by atoms with Crippen molar-refractivity contribution < 1.29 is 0 Å². The summed E-state index contributed by atoms with van der Waals surface area (Å²) in [7, 11) is 0. The lowest BCUT2D eigenvalue weighted by Gasteiger charge is -2.22. The third kappa shape index (κ3) is 5.49. The van der Waals surface area contributed by atoms with Crippen molar-refractivity contribution in [2.75, 3.05) is 13.1 Å². The van der Waals surface area contributed by atoms with Gasteiger partial charge < -0.3 is 5.32 Å². The summed E-state index contributed by atoms with van der Waals surface area (Å²) in [6, 6.07) is 0. The molecule has 0 bridgehead atoms. The van der Waals surface area contributed by atoms with Crippen molar-refractivity contribution in [2.45, 2.75) is 47.5 Å².